The molecule has 4 nitrogen and oxygen atoms in total. The van der Waals surface area contributed by atoms with Gasteiger partial charge in [0.25, 0.3) is 0 Å². The van der Waals surface area contributed by atoms with Gasteiger partial charge in [0, 0.05) is 25.5 Å². The number of hydrogen-bond acceptors (Lipinski definition) is 2. The van der Waals surface area contributed by atoms with Gasteiger partial charge in [-0.25, -0.2) is 0 Å². The van der Waals surface area contributed by atoms with E-state index in [4.69, 9.17) is 5.73 Å². The Morgan fingerprint density at radius 2 is 2.13 bits per heavy atom. The van der Waals surface area contributed by atoms with E-state index < -0.39 is 0 Å². The van der Waals surface area contributed by atoms with Crippen LogP contribution in [0, 0.1) is 0 Å². The molecule has 0 fully saturated rings. The summed E-state index contributed by atoms with van der Waals surface area (Å²) >= 11 is 0. The summed E-state index contributed by atoms with van der Waals surface area (Å²) < 4.78 is 2.02. The first kappa shape index (κ1) is 11.8. The molecule has 0 aromatic carbocycles. The summed E-state index contributed by atoms with van der Waals surface area (Å²) in [6.45, 7) is 3.44. The first-order valence-electron chi connectivity index (χ1n) is 5.38. The number of carbonyl (C=O) groups excluding carboxylic acids is 1. The monoisotopic (exact) mass is 209 g/mol. The number of aromatic nitrogens is 1. The molecule has 0 aliphatic carbocycles. The summed E-state index contributed by atoms with van der Waals surface area (Å²) in [5.74, 6) is -0.0518. The van der Waals surface area contributed by atoms with Crippen molar-refractivity contribution in [3.05, 3.63) is 24.5 Å². The van der Waals surface area contributed by atoms with Crippen molar-refractivity contribution in [1.82, 2.24) is 9.88 Å². The number of carbonyl (C=O) groups is 1. The normalized spacial score (nSPS) is 12.4. The van der Waals surface area contributed by atoms with Gasteiger partial charge in [-0.05, 0) is 18.6 Å². The molecule has 0 bridgehead atoms. The lowest BCUT2D eigenvalue weighted by atomic mass is 10.2. The highest BCUT2D eigenvalue weighted by atomic mass is 16.2. The predicted octanol–water partition coefficient (Wildman–Crippen LogP) is 0.732. The zero-order valence-corrected chi connectivity index (χ0v) is 9.15. The molecule has 0 unspecified atom stereocenters. The van der Waals surface area contributed by atoms with Gasteiger partial charge in [-0.3, -0.25) is 4.79 Å². The largest absolute Gasteiger partial charge is 0.353 e. The van der Waals surface area contributed by atoms with Crippen molar-refractivity contribution in [2.45, 2.75) is 32.4 Å². The van der Waals surface area contributed by atoms with Crippen molar-refractivity contribution in [2.75, 3.05) is 6.54 Å². The Morgan fingerprint density at radius 3 is 2.73 bits per heavy atom. The average molecular weight is 209 g/mol. The summed E-state index contributed by atoms with van der Waals surface area (Å²) in [6.07, 6.45) is 5.62. The van der Waals surface area contributed by atoms with Crippen LogP contribution in [0.1, 0.15) is 19.8 Å². The van der Waals surface area contributed by atoms with Crippen molar-refractivity contribution < 1.29 is 4.79 Å². The Labute approximate surface area is 90.5 Å². The molecule has 1 rings (SSSR count). The maximum atomic E-state index is 11.4. The first-order valence-corrected chi connectivity index (χ1v) is 5.38. The highest BCUT2D eigenvalue weighted by Gasteiger charge is 2.10. The fourth-order valence-corrected chi connectivity index (χ4v) is 1.40. The third-order valence-corrected chi connectivity index (χ3v) is 2.27. The van der Waals surface area contributed by atoms with Crippen molar-refractivity contribution in [2.24, 2.45) is 5.73 Å². The molecule has 0 spiro atoms. The summed E-state index contributed by atoms with van der Waals surface area (Å²) in [5.41, 5.74) is 5.67. The fraction of sp³-hybridized carbons (Fsp3) is 0.545. The summed E-state index contributed by atoms with van der Waals surface area (Å²) in [5, 5.41) is 2.82. The summed E-state index contributed by atoms with van der Waals surface area (Å²) in [6, 6.07) is 3.56. The van der Waals surface area contributed by atoms with Gasteiger partial charge in [0.05, 0.1) is 6.04 Å². The third-order valence-electron chi connectivity index (χ3n) is 2.27. The minimum atomic E-state index is -0.361. The fourth-order valence-electron chi connectivity index (χ4n) is 1.40. The van der Waals surface area contributed by atoms with E-state index >= 15 is 0 Å². The molecule has 84 valence electrons. The second-order valence-electron chi connectivity index (χ2n) is 3.61. The molecular weight excluding hydrogens is 190 g/mol. The van der Waals surface area contributed by atoms with E-state index in [-0.39, 0.29) is 11.9 Å². The second kappa shape index (κ2) is 6.24. The lowest BCUT2D eigenvalue weighted by Gasteiger charge is -2.11. The topological polar surface area (TPSA) is 60.1 Å². The number of nitrogens with two attached hydrogens (primary N) is 1. The highest BCUT2D eigenvalue weighted by molar-refractivity contribution is 5.81. The molecular formula is C11H19N3O. The van der Waals surface area contributed by atoms with E-state index in [0.29, 0.717) is 6.54 Å². The summed E-state index contributed by atoms with van der Waals surface area (Å²) in [7, 11) is 0. The first-order chi connectivity index (χ1) is 7.24. The molecule has 0 saturated heterocycles. The van der Waals surface area contributed by atoms with Crippen molar-refractivity contribution in [3.63, 3.8) is 0 Å². The van der Waals surface area contributed by atoms with Crippen LogP contribution >= 0.6 is 0 Å². The maximum Gasteiger partial charge on any atom is 0.236 e. The van der Waals surface area contributed by atoms with E-state index in [1.165, 1.54) is 0 Å². The third kappa shape index (κ3) is 4.16. The van der Waals surface area contributed by atoms with E-state index in [1.54, 1.807) is 0 Å². The van der Waals surface area contributed by atoms with Gasteiger partial charge in [-0.1, -0.05) is 13.3 Å². The van der Waals surface area contributed by atoms with Gasteiger partial charge in [0.2, 0.25) is 5.91 Å². The van der Waals surface area contributed by atoms with Gasteiger partial charge in [-0.2, -0.15) is 0 Å². The highest BCUT2D eigenvalue weighted by Crippen LogP contribution is 1.93. The van der Waals surface area contributed by atoms with Gasteiger partial charge in [0.1, 0.15) is 0 Å². The lowest BCUT2D eigenvalue weighted by Crippen LogP contribution is -2.41. The molecule has 0 aliphatic rings. The molecule has 15 heavy (non-hydrogen) atoms. The van der Waals surface area contributed by atoms with Crippen molar-refractivity contribution in [3.8, 4) is 0 Å². The van der Waals surface area contributed by atoms with Crippen LogP contribution in [0.15, 0.2) is 24.5 Å². The standard InChI is InChI=1S/C11H19N3O/c1-2-5-10(12)11(15)13-6-9-14-7-3-4-8-14/h3-4,7-8,10H,2,5-6,9,12H2,1H3,(H,13,15)/t10-/m1/s1. The lowest BCUT2D eigenvalue weighted by molar-refractivity contribution is -0.122. The number of amides is 1. The SMILES string of the molecule is CCC[C@@H](N)C(=O)NCCn1cccc1. The molecule has 3 N–H and O–H groups in total. The van der Waals surface area contributed by atoms with E-state index in [1.807, 2.05) is 36.0 Å². The van der Waals surface area contributed by atoms with Crippen LogP contribution in [0.4, 0.5) is 0 Å². The van der Waals surface area contributed by atoms with E-state index in [9.17, 15) is 4.79 Å². The molecule has 0 saturated carbocycles. The predicted molar refractivity (Wildman–Crippen MR) is 60.3 cm³/mol. The van der Waals surface area contributed by atoms with Crippen LogP contribution < -0.4 is 11.1 Å². The minimum absolute atomic E-state index is 0.0518. The number of nitrogens with one attached hydrogen (secondary N) is 1. The average Bonchev–Trinajstić information content (AvgIpc) is 2.71. The van der Waals surface area contributed by atoms with Crippen LogP contribution in [-0.4, -0.2) is 23.1 Å². The molecule has 1 aromatic rings. The van der Waals surface area contributed by atoms with E-state index in [0.717, 1.165) is 19.4 Å². The molecule has 4 heteroatoms. The summed E-state index contributed by atoms with van der Waals surface area (Å²) in [4.78, 5) is 11.4. The molecule has 1 heterocycles. The number of nitrogens with zero attached hydrogens (tertiary/aromatic N) is 1. The molecule has 0 aliphatic heterocycles. The van der Waals surface area contributed by atoms with Crippen LogP contribution in [-0.2, 0) is 11.3 Å². The smallest absolute Gasteiger partial charge is 0.236 e. The van der Waals surface area contributed by atoms with Crippen molar-refractivity contribution >= 4 is 5.91 Å². The quantitative estimate of drug-likeness (QED) is 0.725. The van der Waals surface area contributed by atoms with Crippen LogP contribution in [0.25, 0.3) is 0 Å². The Balaban J connectivity index is 2.17. The molecule has 1 atom stereocenters. The Bertz CT molecular complexity index is 282. The zero-order chi connectivity index (χ0) is 11.1. The van der Waals surface area contributed by atoms with Gasteiger partial charge < -0.3 is 15.6 Å². The maximum absolute atomic E-state index is 11.4. The number of hydrogen-bond donors (Lipinski definition) is 2. The van der Waals surface area contributed by atoms with Crippen LogP contribution in [0.3, 0.4) is 0 Å². The Kier molecular flexibility index (Phi) is 4.90. The van der Waals surface area contributed by atoms with Gasteiger partial charge >= 0.3 is 0 Å². The van der Waals surface area contributed by atoms with Crippen LogP contribution in [0.2, 0.25) is 0 Å². The molecule has 0 radical (unpaired) electrons. The zero-order valence-electron chi connectivity index (χ0n) is 9.15. The Hall–Kier alpha value is -1.29. The molecule has 1 amide bonds. The number of rotatable bonds is 6. The van der Waals surface area contributed by atoms with Crippen molar-refractivity contribution in [1.29, 1.82) is 0 Å². The van der Waals surface area contributed by atoms with Crippen LogP contribution in [0.5, 0.6) is 0 Å². The minimum Gasteiger partial charge on any atom is -0.353 e. The molecule has 1 aromatic heterocycles. The van der Waals surface area contributed by atoms with Gasteiger partial charge in [0.15, 0.2) is 0 Å². The second-order valence-corrected chi connectivity index (χ2v) is 3.61. The Morgan fingerprint density at radius 1 is 1.47 bits per heavy atom. The van der Waals surface area contributed by atoms with E-state index in [2.05, 4.69) is 5.32 Å². The van der Waals surface area contributed by atoms with Gasteiger partial charge in [-0.15, -0.1) is 0 Å².